The number of benzene rings is 4. The summed E-state index contributed by atoms with van der Waals surface area (Å²) >= 11 is 24.3. The highest BCUT2D eigenvalue weighted by Gasteiger charge is 2.58. The van der Waals surface area contributed by atoms with E-state index in [1.807, 2.05) is 0 Å². The standard InChI is InChI=1S/C29H26Cl2FN5O4.C28H22Cl2FN5O4/c1-27(39,19-11-35-36(2)14-19)18-9-22-25(23(32)10-18)29(41-16-28(40)7-8-28,17-3-5-20(30)6-4-17)37(26(22)38)15-24-33-12-21(31)13-34-24;1-35-13-17(10-34-35)25(37)16-8-21-24(22(31)9-16)28(40-15-27(39)6-7-27,18-2-4-19(29)5-3-18)36(26(21)38)14-23-32-11-20(30)12-33-23/h3-6,9-14,39-40H,7-8,15-16H2,1-2H3;2-5,8-13,39H,6-7,14-15H2,1H3/t27?,29-;28-/m11/s1. The van der Waals surface area contributed by atoms with Gasteiger partial charge in [-0.05, 0) is 86.7 Å². The van der Waals surface area contributed by atoms with Crippen LogP contribution in [-0.4, -0.2) is 107 Å². The minimum atomic E-state index is -1.82. The highest BCUT2D eigenvalue weighted by Crippen LogP contribution is 2.52. The highest BCUT2D eigenvalue weighted by molar-refractivity contribution is 6.31. The van der Waals surface area contributed by atoms with Crippen LogP contribution < -0.4 is 0 Å². The first-order chi connectivity index (χ1) is 38.5. The summed E-state index contributed by atoms with van der Waals surface area (Å²) in [6, 6.07) is 18.1. The van der Waals surface area contributed by atoms with Gasteiger partial charge in [0, 0.05) is 83.6 Å². The number of rotatable bonds is 16. The lowest BCUT2D eigenvalue weighted by atomic mass is 9.85. The maximum atomic E-state index is 16.5. The van der Waals surface area contributed by atoms with Gasteiger partial charge < -0.3 is 24.8 Å². The molecule has 2 fully saturated rings. The van der Waals surface area contributed by atoms with E-state index in [1.54, 1.807) is 68.8 Å². The Hall–Kier alpha value is -7.11. The van der Waals surface area contributed by atoms with Crippen molar-refractivity contribution in [3.63, 3.8) is 0 Å². The second kappa shape index (κ2) is 21.0. The molecule has 2 aliphatic carbocycles. The van der Waals surface area contributed by atoms with Crippen LogP contribution >= 0.6 is 46.4 Å². The molecule has 2 amide bonds. The fraction of sp³-hybridized carbons (Fsp3) is 0.281. The van der Waals surface area contributed by atoms with E-state index in [0.29, 0.717) is 62.5 Å². The van der Waals surface area contributed by atoms with Gasteiger partial charge in [-0.15, -0.1) is 0 Å². The number of aliphatic hydroxyl groups is 3. The monoisotopic (exact) mass is 1180 g/mol. The maximum Gasteiger partial charge on any atom is 0.257 e. The van der Waals surface area contributed by atoms with Crippen molar-refractivity contribution in [3.8, 4) is 0 Å². The number of aromatic nitrogens is 8. The quantitative estimate of drug-likeness (QED) is 0.0771. The number of carbonyl (C=O) groups is 3. The van der Waals surface area contributed by atoms with E-state index in [1.165, 1.54) is 87.7 Å². The van der Waals surface area contributed by atoms with Gasteiger partial charge in [-0.2, -0.15) is 10.2 Å². The molecule has 4 aromatic carbocycles. The largest absolute Gasteiger partial charge is 0.387 e. The van der Waals surface area contributed by atoms with Gasteiger partial charge in [-0.3, -0.25) is 33.5 Å². The third kappa shape index (κ3) is 10.5. The molecular weight excluding hydrogens is 1130 g/mol. The fourth-order valence-corrected chi connectivity index (χ4v) is 10.5. The number of nitrogens with zero attached hydrogens (tertiary/aromatic N) is 10. The lowest BCUT2D eigenvalue weighted by Crippen LogP contribution is -2.48. The smallest absolute Gasteiger partial charge is 0.257 e. The van der Waals surface area contributed by atoms with Crippen LogP contribution in [0.5, 0.6) is 0 Å². The van der Waals surface area contributed by atoms with Crippen molar-refractivity contribution in [1.29, 1.82) is 0 Å². The molecule has 1 unspecified atom stereocenters. The maximum absolute atomic E-state index is 16.5. The molecule has 8 aromatic rings. The summed E-state index contributed by atoms with van der Waals surface area (Å²) in [5.41, 5.74) is -6.05. The Morgan fingerprint density at radius 2 is 1.02 bits per heavy atom. The average Bonchev–Trinajstić information content (AvgIpc) is 3.01. The predicted molar refractivity (Wildman–Crippen MR) is 290 cm³/mol. The van der Waals surface area contributed by atoms with Gasteiger partial charge >= 0.3 is 0 Å². The molecule has 24 heteroatoms. The summed E-state index contributed by atoms with van der Waals surface area (Å²) in [4.78, 5) is 61.1. The van der Waals surface area contributed by atoms with Crippen molar-refractivity contribution in [2.24, 2.45) is 14.1 Å². The highest BCUT2D eigenvalue weighted by atomic mass is 35.5. The first-order valence-electron chi connectivity index (χ1n) is 25.3. The molecule has 2 saturated carbocycles. The van der Waals surface area contributed by atoms with Crippen molar-refractivity contribution >= 4 is 64.0 Å². The van der Waals surface area contributed by atoms with E-state index < -0.39 is 57.5 Å². The van der Waals surface area contributed by atoms with Crippen LogP contribution in [0.1, 0.15) is 114 Å². The van der Waals surface area contributed by atoms with Gasteiger partial charge in [0.2, 0.25) is 0 Å². The van der Waals surface area contributed by atoms with Gasteiger partial charge in [0.1, 0.15) is 28.9 Å². The number of fused-ring (bicyclic) bond motifs is 2. The summed E-state index contributed by atoms with van der Waals surface area (Å²) in [6.07, 6.45) is 13.6. The van der Waals surface area contributed by atoms with Crippen LogP contribution in [0.15, 0.2) is 122 Å². The number of ketones is 1. The minimum Gasteiger partial charge on any atom is -0.387 e. The number of carbonyl (C=O) groups excluding carboxylic acids is 3. The third-order valence-corrected chi connectivity index (χ3v) is 15.7. The molecule has 0 bridgehead atoms. The van der Waals surface area contributed by atoms with Gasteiger partial charge in [0.05, 0.1) is 87.8 Å². The Kier molecular flexibility index (Phi) is 14.5. The molecule has 0 spiro atoms. The van der Waals surface area contributed by atoms with E-state index in [2.05, 4.69) is 30.1 Å². The predicted octanol–water partition coefficient (Wildman–Crippen LogP) is 8.60. The Bertz CT molecular complexity index is 3770. The van der Waals surface area contributed by atoms with Gasteiger partial charge in [-0.1, -0.05) is 70.7 Å². The topological polar surface area (TPSA) is 224 Å². The second-order valence-corrected chi connectivity index (χ2v) is 22.5. The zero-order valence-electron chi connectivity index (χ0n) is 43.3. The zero-order valence-corrected chi connectivity index (χ0v) is 46.4. The molecule has 0 saturated heterocycles. The lowest BCUT2D eigenvalue weighted by Gasteiger charge is -2.40. The number of amides is 2. The number of ether oxygens (including phenoxy) is 2. The van der Waals surface area contributed by atoms with Crippen molar-refractivity contribution in [2.75, 3.05) is 13.2 Å². The summed E-state index contributed by atoms with van der Waals surface area (Å²) in [7, 11) is 3.36. The fourth-order valence-electron chi connectivity index (χ4n) is 10.0. The molecule has 6 heterocycles. The number of halogens is 6. The summed E-state index contributed by atoms with van der Waals surface area (Å²) in [5, 5.41) is 42.5. The van der Waals surface area contributed by atoms with E-state index in [4.69, 9.17) is 55.9 Å². The van der Waals surface area contributed by atoms with Gasteiger partial charge in [0.25, 0.3) is 11.8 Å². The molecule has 4 aliphatic rings. The molecular formula is C57H48Cl4F2N10O8. The SMILES string of the molecule is Cn1cc(C(=O)c2cc(F)c3c(c2)C(=O)N(Cc2ncc(Cl)cn2)[C@@]3(OCC2(O)CC2)c2ccc(Cl)cc2)cn1.Cn1cc(C(C)(O)c2cc(F)c3c(c2)C(=O)N(Cc2ncc(Cl)cn2)[C@@]3(OCC2(O)CC2)c2ccc(Cl)cc2)cn1. The molecule has 3 N–H and O–H groups in total. The number of hydrogen-bond acceptors (Lipinski definition) is 14. The third-order valence-electron chi connectivity index (χ3n) is 14.8. The van der Waals surface area contributed by atoms with Crippen molar-refractivity contribution in [3.05, 3.63) is 221 Å². The van der Waals surface area contributed by atoms with Gasteiger partial charge in [-0.25, -0.2) is 28.7 Å². The lowest BCUT2D eigenvalue weighted by molar-refractivity contribution is -0.139. The summed E-state index contributed by atoms with van der Waals surface area (Å²) in [5.74, 6) is -2.80. The number of hydrogen-bond donors (Lipinski definition) is 3. The molecule has 18 nitrogen and oxygen atoms in total. The number of aryl methyl sites for hydroxylation is 2. The molecule has 0 radical (unpaired) electrons. The van der Waals surface area contributed by atoms with E-state index in [0.717, 1.165) is 6.07 Å². The summed E-state index contributed by atoms with van der Waals surface area (Å²) < 4.78 is 48.7. The van der Waals surface area contributed by atoms with E-state index in [-0.39, 0.29) is 76.9 Å². The normalized spacial score (nSPS) is 19.9. The molecule has 416 valence electrons. The molecule has 12 rings (SSSR count). The molecule has 81 heavy (non-hydrogen) atoms. The van der Waals surface area contributed by atoms with Crippen molar-refractivity contribution < 1.29 is 48.0 Å². The van der Waals surface area contributed by atoms with Crippen LogP contribution in [0.2, 0.25) is 20.1 Å². The van der Waals surface area contributed by atoms with E-state index >= 15 is 8.78 Å². The Morgan fingerprint density at radius 1 is 0.593 bits per heavy atom. The molecule has 2 aliphatic heterocycles. The second-order valence-electron chi connectivity index (χ2n) is 20.7. The Morgan fingerprint density at radius 3 is 1.44 bits per heavy atom. The van der Waals surface area contributed by atoms with Gasteiger partial charge in [0.15, 0.2) is 17.2 Å². The molecule has 3 atom stereocenters. The Labute approximate surface area is 481 Å². The van der Waals surface area contributed by atoms with Crippen LogP contribution in [0.4, 0.5) is 8.78 Å². The van der Waals surface area contributed by atoms with Crippen LogP contribution in [0, 0.1) is 11.6 Å². The molecule has 4 aromatic heterocycles. The minimum absolute atomic E-state index is 0.00383. The average molecular weight is 1180 g/mol. The van der Waals surface area contributed by atoms with E-state index in [9.17, 15) is 29.7 Å². The summed E-state index contributed by atoms with van der Waals surface area (Å²) in [6.45, 7) is 0.830. The zero-order chi connectivity index (χ0) is 57.4. The Balaban J connectivity index is 0.000000170. The van der Waals surface area contributed by atoms with Crippen molar-refractivity contribution in [1.82, 2.24) is 49.3 Å². The van der Waals surface area contributed by atoms with Crippen molar-refractivity contribution in [2.45, 2.75) is 73.9 Å². The van der Waals surface area contributed by atoms with Crippen LogP contribution in [-0.2, 0) is 53.7 Å². The first kappa shape index (κ1) is 55.8. The first-order valence-corrected chi connectivity index (χ1v) is 26.8. The van der Waals surface area contributed by atoms with Crippen LogP contribution in [0.3, 0.4) is 0 Å². The van der Waals surface area contributed by atoms with Crippen LogP contribution in [0.25, 0.3) is 0 Å².